The summed E-state index contributed by atoms with van der Waals surface area (Å²) in [6.07, 6.45) is 0. The molecular weight excluding hydrogens is 288 g/mol. The second-order valence-corrected chi connectivity index (χ2v) is 6.04. The van der Waals surface area contributed by atoms with Crippen LogP contribution in [-0.4, -0.2) is 48.2 Å². The molecule has 0 unspecified atom stereocenters. The molecule has 1 N–H and O–H groups in total. The fourth-order valence-electron chi connectivity index (χ4n) is 3.03. The van der Waals surface area contributed by atoms with Gasteiger partial charge in [-0.1, -0.05) is 36.4 Å². The number of hydrogen-bond donors (Lipinski definition) is 1. The van der Waals surface area contributed by atoms with Gasteiger partial charge in [-0.05, 0) is 23.3 Å². The smallest absolute Gasteiger partial charge is 0.160 e. The average molecular weight is 312 g/mol. The molecule has 0 amide bonds. The van der Waals surface area contributed by atoms with E-state index in [-0.39, 0.29) is 5.75 Å². The first-order valence-corrected chi connectivity index (χ1v) is 8.09. The van der Waals surface area contributed by atoms with Crippen molar-refractivity contribution in [3.8, 4) is 11.5 Å². The van der Waals surface area contributed by atoms with Crippen molar-refractivity contribution in [2.75, 3.05) is 33.3 Å². The Labute approximate surface area is 137 Å². The monoisotopic (exact) mass is 312 g/mol. The quantitative estimate of drug-likeness (QED) is 0.921. The molecule has 4 nitrogen and oxygen atoms in total. The number of phenolic OH excluding ortho intramolecular Hbond substituents is 1. The van der Waals surface area contributed by atoms with Gasteiger partial charge < -0.3 is 9.84 Å². The molecular formula is C19H24N2O2. The number of ether oxygens (including phenoxy) is 1. The molecule has 122 valence electrons. The summed E-state index contributed by atoms with van der Waals surface area (Å²) in [6, 6.07) is 16.2. The molecule has 23 heavy (non-hydrogen) atoms. The summed E-state index contributed by atoms with van der Waals surface area (Å²) in [7, 11) is 1.58. The van der Waals surface area contributed by atoms with Crippen LogP contribution in [0.3, 0.4) is 0 Å². The molecule has 2 aromatic carbocycles. The molecule has 0 aromatic heterocycles. The first kappa shape index (κ1) is 15.8. The molecule has 1 fully saturated rings. The fraction of sp³-hybridized carbons (Fsp3) is 0.368. The maximum atomic E-state index is 9.67. The van der Waals surface area contributed by atoms with Gasteiger partial charge in [0.1, 0.15) is 0 Å². The zero-order valence-corrected chi connectivity index (χ0v) is 13.6. The van der Waals surface area contributed by atoms with Crippen molar-refractivity contribution in [3.63, 3.8) is 0 Å². The molecule has 1 heterocycles. The van der Waals surface area contributed by atoms with Gasteiger partial charge in [-0.2, -0.15) is 0 Å². The summed E-state index contributed by atoms with van der Waals surface area (Å²) in [5, 5.41) is 9.67. The Morgan fingerprint density at radius 3 is 2.09 bits per heavy atom. The van der Waals surface area contributed by atoms with Gasteiger partial charge in [0.05, 0.1) is 7.11 Å². The highest BCUT2D eigenvalue weighted by Gasteiger charge is 2.17. The van der Waals surface area contributed by atoms with Crippen molar-refractivity contribution in [1.29, 1.82) is 0 Å². The van der Waals surface area contributed by atoms with E-state index in [1.165, 1.54) is 11.1 Å². The lowest BCUT2D eigenvalue weighted by atomic mass is 10.1. The van der Waals surface area contributed by atoms with Crippen LogP contribution in [0.5, 0.6) is 11.5 Å². The Kier molecular flexibility index (Phi) is 5.16. The van der Waals surface area contributed by atoms with Crippen molar-refractivity contribution in [2.24, 2.45) is 0 Å². The molecule has 3 rings (SSSR count). The van der Waals surface area contributed by atoms with Gasteiger partial charge in [0.15, 0.2) is 11.5 Å². The van der Waals surface area contributed by atoms with Crippen molar-refractivity contribution in [1.82, 2.24) is 9.80 Å². The highest BCUT2D eigenvalue weighted by Crippen LogP contribution is 2.27. The van der Waals surface area contributed by atoms with Gasteiger partial charge in [0, 0.05) is 39.3 Å². The van der Waals surface area contributed by atoms with E-state index in [4.69, 9.17) is 4.74 Å². The van der Waals surface area contributed by atoms with E-state index in [1.807, 2.05) is 12.1 Å². The molecule has 1 saturated heterocycles. The second kappa shape index (κ2) is 7.49. The summed E-state index contributed by atoms with van der Waals surface area (Å²) < 4.78 is 5.18. The predicted molar refractivity (Wildman–Crippen MR) is 91.7 cm³/mol. The third-order valence-corrected chi connectivity index (χ3v) is 4.36. The lowest BCUT2D eigenvalue weighted by Crippen LogP contribution is -2.45. The van der Waals surface area contributed by atoms with Crippen molar-refractivity contribution in [2.45, 2.75) is 13.1 Å². The van der Waals surface area contributed by atoms with E-state index in [0.717, 1.165) is 39.3 Å². The molecule has 0 spiro atoms. The topological polar surface area (TPSA) is 35.9 Å². The molecule has 0 radical (unpaired) electrons. The zero-order chi connectivity index (χ0) is 16.1. The van der Waals surface area contributed by atoms with Gasteiger partial charge in [0.2, 0.25) is 0 Å². The highest BCUT2D eigenvalue weighted by molar-refractivity contribution is 5.41. The lowest BCUT2D eigenvalue weighted by molar-refractivity contribution is 0.122. The summed E-state index contributed by atoms with van der Waals surface area (Å²) in [4.78, 5) is 4.95. The van der Waals surface area contributed by atoms with Crippen LogP contribution in [0.4, 0.5) is 0 Å². The number of nitrogens with zero attached hydrogens (tertiary/aromatic N) is 2. The standard InChI is InChI=1S/C19H24N2O2/c1-23-19-13-17(7-8-18(19)22)15-21-11-9-20(10-12-21)14-16-5-3-2-4-6-16/h2-8,13,22H,9-12,14-15H2,1H3. The zero-order valence-electron chi connectivity index (χ0n) is 13.6. The van der Waals surface area contributed by atoms with E-state index < -0.39 is 0 Å². The fourth-order valence-corrected chi connectivity index (χ4v) is 3.03. The summed E-state index contributed by atoms with van der Waals surface area (Å²) in [5.41, 5.74) is 2.56. The summed E-state index contributed by atoms with van der Waals surface area (Å²) in [5.74, 6) is 0.745. The number of aromatic hydroxyl groups is 1. The van der Waals surface area contributed by atoms with Gasteiger partial charge in [-0.25, -0.2) is 0 Å². The predicted octanol–water partition coefficient (Wildman–Crippen LogP) is 2.72. The van der Waals surface area contributed by atoms with Crippen LogP contribution in [0.25, 0.3) is 0 Å². The van der Waals surface area contributed by atoms with Crippen molar-refractivity contribution < 1.29 is 9.84 Å². The van der Waals surface area contributed by atoms with Crippen LogP contribution in [0.15, 0.2) is 48.5 Å². The number of rotatable bonds is 5. The Morgan fingerprint density at radius 2 is 1.48 bits per heavy atom. The Morgan fingerprint density at radius 1 is 0.870 bits per heavy atom. The largest absolute Gasteiger partial charge is 0.504 e. The minimum absolute atomic E-state index is 0.198. The Balaban J connectivity index is 1.51. The molecule has 1 aliphatic rings. The highest BCUT2D eigenvalue weighted by atomic mass is 16.5. The number of piperazine rings is 1. The second-order valence-electron chi connectivity index (χ2n) is 6.04. The van der Waals surface area contributed by atoms with E-state index in [2.05, 4.69) is 40.1 Å². The lowest BCUT2D eigenvalue weighted by Gasteiger charge is -2.34. The normalized spacial score (nSPS) is 16.4. The minimum atomic E-state index is 0.198. The Bertz CT molecular complexity index is 623. The molecule has 0 aliphatic carbocycles. The molecule has 1 aliphatic heterocycles. The van der Waals surface area contributed by atoms with E-state index in [1.54, 1.807) is 13.2 Å². The minimum Gasteiger partial charge on any atom is -0.504 e. The molecule has 0 atom stereocenters. The van der Waals surface area contributed by atoms with E-state index >= 15 is 0 Å². The third kappa shape index (κ3) is 4.24. The van der Waals surface area contributed by atoms with Crippen LogP contribution in [-0.2, 0) is 13.1 Å². The maximum Gasteiger partial charge on any atom is 0.160 e. The number of benzene rings is 2. The molecule has 2 aromatic rings. The summed E-state index contributed by atoms with van der Waals surface area (Å²) in [6.45, 7) is 6.23. The van der Waals surface area contributed by atoms with E-state index in [0.29, 0.717) is 5.75 Å². The first-order valence-electron chi connectivity index (χ1n) is 8.09. The third-order valence-electron chi connectivity index (χ3n) is 4.36. The number of hydrogen-bond acceptors (Lipinski definition) is 4. The van der Waals surface area contributed by atoms with Crippen LogP contribution >= 0.6 is 0 Å². The first-order chi connectivity index (χ1) is 11.2. The summed E-state index contributed by atoms with van der Waals surface area (Å²) >= 11 is 0. The maximum absolute atomic E-state index is 9.67. The number of phenols is 1. The van der Waals surface area contributed by atoms with Crippen LogP contribution in [0.2, 0.25) is 0 Å². The van der Waals surface area contributed by atoms with Crippen molar-refractivity contribution >= 4 is 0 Å². The van der Waals surface area contributed by atoms with Crippen LogP contribution < -0.4 is 4.74 Å². The van der Waals surface area contributed by atoms with Crippen LogP contribution in [0, 0.1) is 0 Å². The van der Waals surface area contributed by atoms with Crippen molar-refractivity contribution in [3.05, 3.63) is 59.7 Å². The Hall–Kier alpha value is -2.04. The van der Waals surface area contributed by atoms with Crippen LogP contribution in [0.1, 0.15) is 11.1 Å². The van der Waals surface area contributed by atoms with Gasteiger partial charge in [0.25, 0.3) is 0 Å². The SMILES string of the molecule is COc1cc(CN2CCN(Cc3ccccc3)CC2)ccc1O. The van der Waals surface area contributed by atoms with Gasteiger partial charge in [-0.15, -0.1) is 0 Å². The average Bonchev–Trinajstić information content (AvgIpc) is 2.59. The van der Waals surface area contributed by atoms with E-state index in [9.17, 15) is 5.11 Å². The molecule has 0 bridgehead atoms. The molecule has 0 saturated carbocycles. The van der Waals surface area contributed by atoms with Gasteiger partial charge in [-0.3, -0.25) is 9.80 Å². The molecule has 4 heteroatoms. The van der Waals surface area contributed by atoms with Gasteiger partial charge >= 0.3 is 0 Å². The number of methoxy groups -OCH3 is 1.